The molecule has 1 aliphatic carbocycles. The second-order valence-electron chi connectivity index (χ2n) is 20.8. The lowest BCUT2D eigenvalue weighted by atomic mass is 9.80. The predicted octanol–water partition coefficient (Wildman–Crippen LogP) is 6.85. The topological polar surface area (TPSA) is 249 Å². The number of carbonyl (C=O) groups excluding carboxylic acids is 1. The van der Waals surface area contributed by atoms with Crippen molar-refractivity contribution in [2.24, 2.45) is 0 Å². The number of hydrogen-bond donors (Lipinski definition) is 0. The average Bonchev–Trinajstić information content (AvgIpc) is 3.92. The van der Waals surface area contributed by atoms with Crippen molar-refractivity contribution in [1.29, 1.82) is 0 Å². The van der Waals surface area contributed by atoms with E-state index in [-0.39, 0.29) is 30.5 Å². The van der Waals surface area contributed by atoms with Crippen LogP contribution in [0.25, 0.3) is 21.5 Å². The normalized spacial score (nSPS) is 25.2. The van der Waals surface area contributed by atoms with Crippen LogP contribution in [-0.4, -0.2) is 116 Å². The van der Waals surface area contributed by atoms with E-state index in [0.717, 1.165) is 62.2 Å². The molecule has 5 aliphatic rings. The third-order valence-corrected chi connectivity index (χ3v) is 20.3. The minimum absolute atomic E-state index is 0.0604. The van der Waals surface area contributed by atoms with Gasteiger partial charge in [-0.15, -0.1) is 0 Å². The molecule has 4 heterocycles. The van der Waals surface area contributed by atoms with Gasteiger partial charge in [-0.05, 0) is 129 Å². The molecule has 9 rings (SSSR count). The maximum absolute atomic E-state index is 13.5. The molecule has 74 heavy (non-hydrogen) atoms. The fraction of sp³-hybridized carbons (Fsp3) is 0.423. The summed E-state index contributed by atoms with van der Waals surface area (Å²) in [6, 6.07) is 17.1. The minimum Gasteiger partial charge on any atom is -0.748 e. The van der Waals surface area contributed by atoms with Crippen LogP contribution in [0.1, 0.15) is 85.3 Å². The lowest BCUT2D eigenvalue weighted by molar-refractivity contribution is -0.777. The van der Waals surface area contributed by atoms with Gasteiger partial charge in [-0.1, -0.05) is 38.1 Å². The van der Waals surface area contributed by atoms with E-state index in [1.165, 1.54) is 26.0 Å². The number of quaternary nitrogens is 1. The van der Waals surface area contributed by atoms with Crippen LogP contribution in [0.4, 0.5) is 16.2 Å². The summed E-state index contributed by atoms with van der Waals surface area (Å²) >= 11 is 0.780. The summed E-state index contributed by atoms with van der Waals surface area (Å²) in [5.41, 5.74) is 5.93. The lowest BCUT2D eigenvalue weighted by Gasteiger charge is -2.58. The molecule has 2 saturated heterocycles. The maximum atomic E-state index is 13.5. The van der Waals surface area contributed by atoms with Gasteiger partial charge in [0.15, 0.2) is 23.2 Å². The van der Waals surface area contributed by atoms with Gasteiger partial charge < -0.3 is 28.6 Å². The molecule has 4 aromatic rings. The molecule has 0 radical (unpaired) electrons. The van der Waals surface area contributed by atoms with Crippen molar-refractivity contribution in [3.05, 3.63) is 119 Å². The first-order valence-corrected chi connectivity index (χ1v) is 29.4. The molecule has 3 unspecified atom stereocenters. The number of ether oxygens (including phenoxy) is 1. The molecule has 4 aliphatic heterocycles. The summed E-state index contributed by atoms with van der Waals surface area (Å²) in [4.78, 5) is 15.1. The molecule has 1 amide bonds. The van der Waals surface area contributed by atoms with Gasteiger partial charge in [0.05, 0.1) is 65.1 Å². The summed E-state index contributed by atoms with van der Waals surface area (Å²) in [6.45, 7) is 15.2. The highest BCUT2D eigenvalue weighted by Gasteiger charge is 2.71. The van der Waals surface area contributed by atoms with Crippen molar-refractivity contribution in [3.63, 3.8) is 0 Å². The number of allylic oxidation sites excluding steroid dienone is 8. The van der Waals surface area contributed by atoms with E-state index in [2.05, 4.69) is 38.8 Å². The van der Waals surface area contributed by atoms with Gasteiger partial charge in [0, 0.05) is 63.2 Å². The van der Waals surface area contributed by atoms with Gasteiger partial charge in [0.25, 0.3) is 0 Å². The highest BCUT2D eigenvalue weighted by molar-refractivity contribution is 7.94. The molecular weight excluding hydrogens is 1030 g/mol. The number of benzene rings is 4. The van der Waals surface area contributed by atoms with Crippen LogP contribution in [0.5, 0.6) is 0 Å². The number of piperazine rings is 1. The Kier molecular flexibility index (Phi) is 14.0. The van der Waals surface area contributed by atoms with Gasteiger partial charge in [-0.3, -0.25) is 9.94 Å². The molecule has 0 bridgehead atoms. The van der Waals surface area contributed by atoms with E-state index in [1.807, 2.05) is 62.4 Å². The Morgan fingerprint density at radius 1 is 0.824 bits per heavy atom. The largest absolute Gasteiger partial charge is 0.748 e. The fourth-order valence-corrected chi connectivity index (χ4v) is 14.5. The molecule has 22 heteroatoms. The summed E-state index contributed by atoms with van der Waals surface area (Å²) in [6.07, 6.45) is 8.99. The van der Waals surface area contributed by atoms with Crippen molar-refractivity contribution in [2.45, 2.75) is 105 Å². The number of amides is 1. The molecule has 1 spiro atoms. The van der Waals surface area contributed by atoms with Gasteiger partial charge in [0.2, 0.25) is 10.6 Å². The van der Waals surface area contributed by atoms with E-state index >= 15 is 0 Å². The van der Waals surface area contributed by atoms with Crippen LogP contribution < -0.4 is 14.6 Å². The van der Waals surface area contributed by atoms with Crippen LogP contribution in [0.2, 0.25) is 0 Å². The fourth-order valence-electron chi connectivity index (χ4n) is 12.2. The van der Waals surface area contributed by atoms with Crippen LogP contribution >= 0.6 is 12.0 Å². The zero-order valence-corrected chi connectivity index (χ0v) is 45.3. The molecule has 1 saturated carbocycles. The molecule has 18 nitrogen and oxygen atoms in total. The number of anilines is 1. The molecule has 0 N–H and O–H groups in total. The molecule has 396 valence electrons. The Balaban J connectivity index is 1.19. The third-order valence-electron chi connectivity index (χ3n) is 16.1. The summed E-state index contributed by atoms with van der Waals surface area (Å²) in [5.74, 6) is 0. The highest BCUT2D eigenvalue weighted by atomic mass is 32.2. The number of hydrogen-bond acceptors (Lipinski definition) is 16. The Morgan fingerprint density at radius 2 is 1.46 bits per heavy atom. The zero-order valence-electron chi connectivity index (χ0n) is 42.1. The zero-order chi connectivity index (χ0) is 53.6. The first kappa shape index (κ1) is 53.8. The second kappa shape index (κ2) is 19.2. The van der Waals surface area contributed by atoms with Crippen LogP contribution in [0.15, 0.2) is 117 Å². The molecule has 3 atom stereocenters. The van der Waals surface area contributed by atoms with Gasteiger partial charge in [-0.2, -0.15) is 4.33 Å². The SMILES string of the molecule is CCOC(=O)N1CC[N+](=C2/C(=C/C=C3/N(CCC(C)S(=O)(=O)[O-])c4ccc5cc(SOO[O-])ccc5c4C3(C)C)CC/C2=C\C=C2/C(C)(C)c3c(ccc4cc(S(=O)(=O)[O-])ccc34)[N+]23CCC3(C)S(=O)(=O)[O-])CC1. The Bertz CT molecular complexity index is 3520. The van der Waals surface area contributed by atoms with E-state index < -0.39 is 62.3 Å². The molecule has 3 fully saturated rings. The highest BCUT2D eigenvalue weighted by Crippen LogP contribution is 2.64. The standard InChI is InChI=1S/C52H60N4O14S4/c1-8-68-49(57)54-28-26-53(27-29-54)48-34(13-21-44-50(3,4)46-40-17-15-38(71-70-69-58)31-36(40)11-19-42(46)55(44)25-23-33(2)72(59,60)61)9-10-35(48)14-22-45-51(5,6)47-41-18-16-39(73(62,63)64)32-37(41)12-20-43(47)56(45)30-24-52(56,7)74(65,66)67/h11-22,31-33H,8-10,23-30H2,1-7H3,(H2-2,58,59,60,61,62,63,64,65,66,67)/p-2/b35-14+,45-22+. The van der Waals surface area contributed by atoms with Crippen LogP contribution in [0.3, 0.4) is 0 Å². The van der Waals surface area contributed by atoms with Crippen molar-refractivity contribution in [1.82, 2.24) is 9.38 Å². The Labute approximate surface area is 436 Å². The number of fused-ring (bicyclic) bond motifs is 7. The molecular formula is C52H58N4O14S4-2. The Hall–Kier alpha value is -4.98. The third kappa shape index (κ3) is 8.91. The van der Waals surface area contributed by atoms with Crippen molar-refractivity contribution in [3.8, 4) is 0 Å². The van der Waals surface area contributed by atoms with E-state index in [4.69, 9.17) is 4.74 Å². The first-order valence-electron chi connectivity index (χ1n) is 24.4. The summed E-state index contributed by atoms with van der Waals surface area (Å²) < 4.78 is 125. The van der Waals surface area contributed by atoms with E-state index in [0.29, 0.717) is 72.6 Å². The number of carbonyl (C=O) groups is 1. The number of rotatable bonds is 12. The average molecular weight is 1090 g/mol. The molecule has 0 aromatic heterocycles. The van der Waals surface area contributed by atoms with Crippen molar-refractivity contribution >= 4 is 87.1 Å². The maximum Gasteiger partial charge on any atom is 0.410 e. The van der Waals surface area contributed by atoms with Crippen LogP contribution in [0, 0.1) is 0 Å². The van der Waals surface area contributed by atoms with Crippen molar-refractivity contribution in [2.75, 3.05) is 50.8 Å². The predicted molar refractivity (Wildman–Crippen MR) is 276 cm³/mol. The van der Waals surface area contributed by atoms with Gasteiger partial charge in [-0.25, -0.2) is 39.1 Å². The van der Waals surface area contributed by atoms with Crippen molar-refractivity contribution < 1.29 is 67.6 Å². The lowest BCUT2D eigenvalue weighted by Crippen LogP contribution is -2.76. The van der Waals surface area contributed by atoms with Crippen LogP contribution in [-0.2, 0) is 55.3 Å². The van der Waals surface area contributed by atoms with E-state index in [9.17, 15) is 49.0 Å². The summed E-state index contributed by atoms with van der Waals surface area (Å²) in [7, 11) is -14.3. The number of nitrogens with zero attached hydrogens (tertiary/aromatic N) is 4. The first-order chi connectivity index (χ1) is 34.7. The van der Waals surface area contributed by atoms with E-state index in [1.54, 1.807) is 30.0 Å². The Morgan fingerprint density at radius 3 is 2.07 bits per heavy atom. The minimum atomic E-state index is -4.94. The monoisotopic (exact) mass is 1090 g/mol. The summed E-state index contributed by atoms with van der Waals surface area (Å²) in [5, 5.41) is 15.9. The van der Waals surface area contributed by atoms with Gasteiger partial charge in [0.1, 0.15) is 21.5 Å². The molecule has 4 aromatic carbocycles. The van der Waals surface area contributed by atoms with Gasteiger partial charge >= 0.3 is 6.09 Å². The second-order valence-corrected chi connectivity index (χ2v) is 26.5. The smallest absolute Gasteiger partial charge is 0.410 e. The quantitative estimate of drug-likeness (QED) is 0.0351.